The predicted molar refractivity (Wildman–Crippen MR) is 89.4 cm³/mol. The molecule has 1 aromatic heterocycles. The SMILES string of the molecule is CNc1nc(NCc2cccc(F)c2)nc(Oc2c(F)c(F)c(F)c(F)c2F)n1. The van der Waals surface area contributed by atoms with Crippen LogP contribution >= 0.6 is 0 Å². The van der Waals surface area contributed by atoms with E-state index in [1.54, 1.807) is 6.07 Å². The van der Waals surface area contributed by atoms with Gasteiger partial charge in [-0.1, -0.05) is 12.1 Å². The topological polar surface area (TPSA) is 72.0 Å². The highest BCUT2D eigenvalue weighted by Gasteiger charge is 2.28. The molecule has 12 heteroatoms. The zero-order chi connectivity index (χ0) is 21.1. The Bertz CT molecular complexity index is 1040. The van der Waals surface area contributed by atoms with Crippen molar-refractivity contribution in [2.75, 3.05) is 17.7 Å². The van der Waals surface area contributed by atoms with E-state index in [4.69, 9.17) is 4.74 Å². The van der Waals surface area contributed by atoms with Gasteiger partial charge in [-0.2, -0.15) is 23.7 Å². The van der Waals surface area contributed by atoms with Gasteiger partial charge in [0.1, 0.15) is 5.82 Å². The van der Waals surface area contributed by atoms with Crippen molar-refractivity contribution in [1.29, 1.82) is 0 Å². The number of halogens is 6. The van der Waals surface area contributed by atoms with E-state index in [2.05, 4.69) is 25.6 Å². The summed E-state index contributed by atoms with van der Waals surface area (Å²) in [7, 11) is 1.41. The Morgan fingerprint density at radius 3 is 2.07 bits per heavy atom. The summed E-state index contributed by atoms with van der Waals surface area (Å²) in [5, 5.41) is 5.23. The molecule has 2 aromatic carbocycles. The summed E-state index contributed by atoms with van der Waals surface area (Å²) in [5.41, 5.74) is 0.527. The maximum Gasteiger partial charge on any atom is 0.328 e. The van der Waals surface area contributed by atoms with Crippen LogP contribution in [0.15, 0.2) is 24.3 Å². The van der Waals surface area contributed by atoms with Crippen molar-refractivity contribution in [3.63, 3.8) is 0 Å². The summed E-state index contributed by atoms with van der Waals surface area (Å²) < 4.78 is 85.3. The quantitative estimate of drug-likeness (QED) is 0.358. The minimum Gasteiger partial charge on any atom is -0.418 e. The fraction of sp³-hybridized carbons (Fsp3) is 0.118. The normalized spacial score (nSPS) is 10.7. The molecule has 0 saturated carbocycles. The molecule has 0 aliphatic carbocycles. The number of rotatable bonds is 6. The number of hydrogen-bond donors (Lipinski definition) is 2. The number of hydrogen-bond acceptors (Lipinski definition) is 6. The molecule has 0 unspecified atom stereocenters. The van der Waals surface area contributed by atoms with Crippen LogP contribution in [0.3, 0.4) is 0 Å². The number of anilines is 2. The Labute approximate surface area is 159 Å². The first-order chi connectivity index (χ1) is 13.8. The van der Waals surface area contributed by atoms with Crippen LogP contribution in [0.2, 0.25) is 0 Å². The van der Waals surface area contributed by atoms with E-state index in [1.807, 2.05) is 0 Å². The van der Waals surface area contributed by atoms with Gasteiger partial charge in [-0.3, -0.25) is 0 Å². The van der Waals surface area contributed by atoms with Gasteiger partial charge in [-0.25, -0.2) is 17.6 Å². The molecule has 2 N–H and O–H groups in total. The monoisotopic (exact) mass is 415 g/mol. The largest absolute Gasteiger partial charge is 0.418 e. The first-order valence-electron chi connectivity index (χ1n) is 7.91. The molecule has 0 bridgehead atoms. The highest BCUT2D eigenvalue weighted by atomic mass is 19.2. The smallest absolute Gasteiger partial charge is 0.328 e. The molecule has 0 radical (unpaired) electrons. The van der Waals surface area contributed by atoms with Gasteiger partial charge in [0.2, 0.25) is 46.7 Å². The fourth-order valence-electron chi connectivity index (χ4n) is 2.19. The standard InChI is InChI=1S/C17H11F6N5O/c1-24-15-26-16(25-6-7-3-2-4-8(18)5-7)28-17(27-15)29-14-12(22)10(20)9(19)11(21)13(14)23/h2-5H,6H2,1H3,(H2,24,25,26,27,28). The lowest BCUT2D eigenvalue weighted by atomic mass is 10.2. The van der Waals surface area contributed by atoms with Crippen LogP contribution in [0, 0.1) is 34.9 Å². The fourth-order valence-corrected chi connectivity index (χ4v) is 2.19. The molecule has 1 heterocycles. The second-order valence-electron chi connectivity index (χ2n) is 5.50. The van der Waals surface area contributed by atoms with Crippen molar-refractivity contribution in [1.82, 2.24) is 15.0 Å². The van der Waals surface area contributed by atoms with Crippen LogP contribution in [-0.4, -0.2) is 22.0 Å². The van der Waals surface area contributed by atoms with Crippen LogP contribution in [0.5, 0.6) is 11.8 Å². The van der Waals surface area contributed by atoms with Crippen molar-refractivity contribution in [2.45, 2.75) is 6.54 Å². The van der Waals surface area contributed by atoms with Crippen molar-refractivity contribution in [2.24, 2.45) is 0 Å². The van der Waals surface area contributed by atoms with E-state index in [9.17, 15) is 26.3 Å². The summed E-state index contributed by atoms with van der Waals surface area (Å²) in [4.78, 5) is 11.3. The minimum atomic E-state index is -2.32. The molecule has 0 fully saturated rings. The molecule has 0 aliphatic heterocycles. The maximum atomic E-state index is 13.8. The summed E-state index contributed by atoms with van der Waals surface area (Å²) in [6.07, 6.45) is 0. The molecule has 3 aromatic rings. The zero-order valence-electron chi connectivity index (χ0n) is 14.5. The van der Waals surface area contributed by atoms with Crippen molar-refractivity contribution >= 4 is 11.9 Å². The van der Waals surface area contributed by atoms with Crippen molar-refractivity contribution < 1.29 is 31.1 Å². The van der Waals surface area contributed by atoms with Crippen LogP contribution in [0.1, 0.15) is 5.56 Å². The first-order valence-corrected chi connectivity index (χ1v) is 7.91. The molecular weight excluding hydrogens is 404 g/mol. The highest BCUT2D eigenvalue weighted by Crippen LogP contribution is 2.32. The highest BCUT2D eigenvalue weighted by molar-refractivity contribution is 5.38. The first kappa shape index (κ1) is 20.2. The van der Waals surface area contributed by atoms with E-state index in [1.165, 1.54) is 25.2 Å². The summed E-state index contributed by atoms with van der Waals surface area (Å²) in [6.45, 7) is 0.0624. The number of nitrogens with one attached hydrogen (secondary N) is 2. The summed E-state index contributed by atoms with van der Waals surface area (Å²) in [5.74, 6) is -13.3. The maximum absolute atomic E-state index is 13.8. The van der Waals surface area contributed by atoms with Crippen LogP contribution in [0.25, 0.3) is 0 Å². The molecule has 29 heavy (non-hydrogen) atoms. The summed E-state index contributed by atoms with van der Waals surface area (Å²) >= 11 is 0. The third kappa shape index (κ3) is 4.31. The van der Waals surface area contributed by atoms with Gasteiger partial charge in [-0.05, 0) is 17.7 Å². The zero-order valence-corrected chi connectivity index (χ0v) is 14.5. The Kier molecular flexibility index (Phi) is 5.71. The lowest BCUT2D eigenvalue weighted by Crippen LogP contribution is -2.10. The average molecular weight is 415 g/mol. The molecule has 0 spiro atoms. The van der Waals surface area contributed by atoms with Crippen LogP contribution in [0.4, 0.5) is 38.2 Å². The van der Waals surface area contributed by atoms with E-state index in [0.717, 1.165) is 0 Å². The van der Waals surface area contributed by atoms with Gasteiger partial charge >= 0.3 is 6.01 Å². The van der Waals surface area contributed by atoms with Gasteiger partial charge in [0, 0.05) is 13.6 Å². The molecular formula is C17H11F6N5O. The van der Waals surface area contributed by atoms with Gasteiger partial charge in [-0.15, -0.1) is 0 Å². The van der Waals surface area contributed by atoms with Crippen molar-refractivity contribution in [3.05, 3.63) is 64.7 Å². The molecule has 0 atom stereocenters. The lowest BCUT2D eigenvalue weighted by molar-refractivity contribution is 0.322. The van der Waals surface area contributed by atoms with Crippen LogP contribution in [-0.2, 0) is 6.54 Å². The van der Waals surface area contributed by atoms with E-state index in [0.29, 0.717) is 5.56 Å². The molecule has 6 nitrogen and oxygen atoms in total. The van der Waals surface area contributed by atoms with Crippen LogP contribution < -0.4 is 15.4 Å². The lowest BCUT2D eigenvalue weighted by Gasteiger charge is -2.11. The third-order valence-electron chi connectivity index (χ3n) is 3.54. The molecule has 3 rings (SSSR count). The Morgan fingerprint density at radius 2 is 1.45 bits per heavy atom. The third-order valence-corrected chi connectivity index (χ3v) is 3.54. The average Bonchev–Trinajstić information content (AvgIpc) is 2.72. The molecule has 0 amide bonds. The van der Waals surface area contributed by atoms with Gasteiger partial charge in [0.25, 0.3) is 0 Å². The van der Waals surface area contributed by atoms with E-state index in [-0.39, 0.29) is 18.4 Å². The Balaban J connectivity index is 1.90. The van der Waals surface area contributed by atoms with E-state index < -0.39 is 46.7 Å². The van der Waals surface area contributed by atoms with E-state index >= 15 is 0 Å². The second kappa shape index (κ2) is 8.20. The molecule has 0 saturated heterocycles. The predicted octanol–water partition coefficient (Wildman–Crippen LogP) is 4.15. The van der Waals surface area contributed by atoms with Gasteiger partial charge in [0.15, 0.2) is 0 Å². The van der Waals surface area contributed by atoms with Gasteiger partial charge in [0.05, 0.1) is 0 Å². The second-order valence-corrected chi connectivity index (χ2v) is 5.50. The summed E-state index contributed by atoms with van der Waals surface area (Å²) in [6, 6.07) is 4.86. The number of benzene rings is 2. The van der Waals surface area contributed by atoms with Crippen molar-refractivity contribution in [3.8, 4) is 11.8 Å². The molecule has 152 valence electrons. The number of aromatic nitrogens is 3. The minimum absolute atomic E-state index is 0.0624. The number of ether oxygens (including phenoxy) is 1. The number of nitrogens with zero attached hydrogens (tertiary/aromatic N) is 3. The Morgan fingerprint density at radius 1 is 0.828 bits per heavy atom. The Hall–Kier alpha value is -3.57. The molecule has 0 aliphatic rings. The van der Waals surface area contributed by atoms with Gasteiger partial charge < -0.3 is 15.4 Å².